The number of likely N-dealkylation sites (N-methyl/N-ethyl adjacent to an activating group) is 1. The van der Waals surface area contributed by atoms with Crippen LogP contribution in [-0.4, -0.2) is 36.7 Å². The van der Waals surface area contributed by atoms with Gasteiger partial charge in [-0.15, -0.1) is 0 Å². The standard InChI is InChI=1S/C20H21ClN2O2/c1-13(24)22-17-9-5-14(6-10-17)18-11-23(2)12-19(18)20(25)15-3-7-16(21)8-4-15/h3-10,18-19H,11-12H2,1-2H3,(H,22,24)/t18-,19+/m0/s1. The van der Waals surface area contributed by atoms with Gasteiger partial charge in [-0.25, -0.2) is 0 Å². The number of carbonyl (C=O) groups is 2. The second kappa shape index (κ2) is 7.38. The van der Waals surface area contributed by atoms with E-state index >= 15 is 0 Å². The maximum Gasteiger partial charge on any atom is 0.221 e. The van der Waals surface area contributed by atoms with Crippen LogP contribution in [0.4, 0.5) is 5.69 Å². The zero-order valence-electron chi connectivity index (χ0n) is 14.3. The number of rotatable bonds is 4. The van der Waals surface area contributed by atoms with Crippen molar-refractivity contribution in [1.82, 2.24) is 4.90 Å². The minimum Gasteiger partial charge on any atom is -0.326 e. The van der Waals surface area contributed by atoms with Crippen LogP contribution in [0.25, 0.3) is 0 Å². The van der Waals surface area contributed by atoms with E-state index in [1.807, 2.05) is 31.3 Å². The van der Waals surface area contributed by atoms with Gasteiger partial charge in [-0.05, 0) is 49.0 Å². The maximum absolute atomic E-state index is 13.0. The molecule has 0 aliphatic carbocycles. The van der Waals surface area contributed by atoms with Crippen molar-refractivity contribution in [3.63, 3.8) is 0 Å². The van der Waals surface area contributed by atoms with Gasteiger partial charge in [-0.1, -0.05) is 23.7 Å². The largest absolute Gasteiger partial charge is 0.326 e. The van der Waals surface area contributed by atoms with Gasteiger partial charge in [0.25, 0.3) is 0 Å². The number of nitrogens with zero attached hydrogens (tertiary/aromatic N) is 1. The van der Waals surface area contributed by atoms with Crippen molar-refractivity contribution < 1.29 is 9.59 Å². The second-order valence-corrected chi connectivity index (χ2v) is 7.04. The lowest BCUT2D eigenvalue weighted by Gasteiger charge is -2.18. The number of anilines is 1. The molecule has 1 aliphatic rings. The summed E-state index contributed by atoms with van der Waals surface area (Å²) < 4.78 is 0. The van der Waals surface area contributed by atoms with E-state index < -0.39 is 0 Å². The number of likely N-dealkylation sites (tertiary alicyclic amines) is 1. The lowest BCUT2D eigenvalue weighted by molar-refractivity contribution is -0.114. The molecule has 0 radical (unpaired) electrons. The van der Waals surface area contributed by atoms with Gasteiger partial charge >= 0.3 is 0 Å². The Bertz CT molecular complexity index is 771. The smallest absolute Gasteiger partial charge is 0.221 e. The quantitative estimate of drug-likeness (QED) is 0.847. The topological polar surface area (TPSA) is 49.4 Å². The first-order valence-electron chi connectivity index (χ1n) is 8.30. The molecule has 0 saturated carbocycles. The summed E-state index contributed by atoms with van der Waals surface area (Å²) in [5, 5.41) is 3.40. The zero-order valence-corrected chi connectivity index (χ0v) is 15.1. The molecule has 1 aliphatic heterocycles. The van der Waals surface area contributed by atoms with Gasteiger partial charge in [0.1, 0.15) is 0 Å². The van der Waals surface area contributed by atoms with E-state index in [4.69, 9.17) is 11.6 Å². The van der Waals surface area contributed by atoms with Crippen molar-refractivity contribution in [1.29, 1.82) is 0 Å². The summed E-state index contributed by atoms with van der Waals surface area (Å²) in [6.45, 7) is 3.06. The number of hydrogen-bond acceptors (Lipinski definition) is 3. The number of ketones is 1. The summed E-state index contributed by atoms with van der Waals surface area (Å²) in [6.07, 6.45) is 0. The van der Waals surface area contributed by atoms with Gasteiger partial charge in [-0.2, -0.15) is 0 Å². The predicted molar refractivity (Wildman–Crippen MR) is 100 cm³/mol. The molecule has 1 N–H and O–H groups in total. The fourth-order valence-electron chi connectivity index (χ4n) is 3.45. The molecule has 1 saturated heterocycles. The van der Waals surface area contributed by atoms with Crippen LogP contribution in [0.5, 0.6) is 0 Å². The lowest BCUT2D eigenvalue weighted by atomic mass is 9.84. The van der Waals surface area contributed by atoms with Crippen molar-refractivity contribution >= 4 is 29.0 Å². The monoisotopic (exact) mass is 356 g/mol. The Balaban J connectivity index is 1.82. The lowest BCUT2D eigenvalue weighted by Crippen LogP contribution is -2.22. The highest BCUT2D eigenvalue weighted by Gasteiger charge is 2.37. The van der Waals surface area contributed by atoms with Gasteiger partial charge in [0.05, 0.1) is 0 Å². The van der Waals surface area contributed by atoms with Gasteiger partial charge in [0, 0.05) is 48.1 Å². The van der Waals surface area contributed by atoms with E-state index in [-0.39, 0.29) is 23.5 Å². The third-order valence-electron chi connectivity index (χ3n) is 4.63. The number of carbonyl (C=O) groups excluding carboxylic acids is 2. The van der Waals surface area contributed by atoms with Crippen LogP contribution >= 0.6 is 11.6 Å². The molecular weight excluding hydrogens is 336 g/mol. The van der Waals surface area contributed by atoms with Crippen LogP contribution in [0.3, 0.4) is 0 Å². The Morgan fingerprint density at radius 1 is 1.04 bits per heavy atom. The number of nitrogens with one attached hydrogen (secondary N) is 1. The Kier molecular flexibility index (Phi) is 5.21. The third kappa shape index (κ3) is 4.09. The van der Waals surface area contributed by atoms with Gasteiger partial charge in [0.15, 0.2) is 5.78 Å². The van der Waals surface area contributed by atoms with E-state index in [1.54, 1.807) is 24.3 Å². The molecular formula is C20H21ClN2O2. The van der Waals surface area contributed by atoms with Crippen molar-refractivity contribution in [2.75, 3.05) is 25.5 Å². The second-order valence-electron chi connectivity index (χ2n) is 6.61. The Morgan fingerprint density at radius 3 is 2.28 bits per heavy atom. The summed E-state index contributed by atoms with van der Waals surface area (Å²) in [7, 11) is 2.04. The Hall–Kier alpha value is -2.17. The molecule has 3 rings (SSSR count). The molecule has 130 valence electrons. The number of benzene rings is 2. The van der Waals surface area contributed by atoms with E-state index in [2.05, 4.69) is 10.2 Å². The van der Waals surface area contributed by atoms with Gasteiger partial charge in [0.2, 0.25) is 5.91 Å². The Labute approximate surface area is 152 Å². The number of amides is 1. The first-order valence-corrected chi connectivity index (χ1v) is 8.67. The number of hydrogen-bond donors (Lipinski definition) is 1. The first kappa shape index (κ1) is 17.6. The van der Waals surface area contributed by atoms with E-state index in [9.17, 15) is 9.59 Å². The molecule has 25 heavy (non-hydrogen) atoms. The highest BCUT2D eigenvalue weighted by molar-refractivity contribution is 6.30. The van der Waals surface area contributed by atoms with E-state index in [1.165, 1.54) is 6.92 Å². The van der Waals surface area contributed by atoms with Crippen molar-refractivity contribution in [2.45, 2.75) is 12.8 Å². The highest BCUT2D eigenvalue weighted by atomic mass is 35.5. The van der Waals surface area contributed by atoms with Crippen molar-refractivity contribution in [3.05, 3.63) is 64.7 Å². The van der Waals surface area contributed by atoms with Gasteiger partial charge in [-0.3, -0.25) is 9.59 Å². The number of Topliss-reactive ketones (excluding diaryl/α,β-unsaturated/α-hetero) is 1. The third-order valence-corrected chi connectivity index (χ3v) is 4.88. The summed E-state index contributed by atoms with van der Waals surface area (Å²) >= 11 is 5.93. The van der Waals surface area contributed by atoms with Crippen LogP contribution in [0.15, 0.2) is 48.5 Å². The van der Waals surface area contributed by atoms with Crippen molar-refractivity contribution in [3.8, 4) is 0 Å². The maximum atomic E-state index is 13.0. The molecule has 1 amide bonds. The molecule has 4 nitrogen and oxygen atoms in total. The van der Waals surface area contributed by atoms with Crippen LogP contribution in [0, 0.1) is 5.92 Å². The zero-order chi connectivity index (χ0) is 18.0. The molecule has 0 bridgehead atoms. The van der Waals surface area contributed by atoms with E-state index in [0.29, 0.717) is 10.6 Å². The summed E-state index contributed by atoms with van der Waals surface area (Å²) in [4.78, 5) is 26.3. The van der Waals surface area contributed by atoms with Crippen LogP contribution in [0.1, 0.15) is 28.8 Å². The van der Waals surface area contributed by atoms with Crippen LogP contribution < -0.4 is 5.32 Å². The summed E-state index contributed by atoms with van der Waals surface area (Å²) in [6, 6.07) is 14.9. The summed E-state index contributed by atoms with van der Waals surface area (Å²) in [5.74, 6) is 0.110. The normalized spacial score (nSPS) is 20.4. The van der Waals surface area contributed by atoms with Crippen molar-refractivity contribution in [2.24, 2.45) is 5.92 Å². The average Bonchev–Trinajstić information content (AvgIpc) is 2.97. The molecule has 5 heteroatoms. The fraction of sp³-hybridized carbons (Fsp3) is 0.300. The SMILES string of the molecule is CC(=O)Nc1ccc([C@@H]2CN(C)C[C@H]2C(=O)c2ccc(Cl)cc2)cc1. The highest BCUT2D eigenvalue weighted by Crippen LogP contribution is 2.34. The molecule has 1 heterocycles. The van der Waals surface area contributed by atoms with Crippen LogP contribution in [-0.2, 0) is 4.79 Å². The minimum atomic E-state index is -0.0934. The first-order chi connectivity index (χ1) is 11.9. The molecule has 2 aromatic rings. The predicted octanol–water partition coefficient (Wildman–Crippen LogP) is 3.83. The summed E-state index contributed by atoms with van der Waals surface area (Å²) in [5.41, 5.74) is 2.58. The van der Waals surface area contributed by atoms with E-state index in [0.717, 1.165) is 24.3 Å². The fourth-order valence-corrected chi connectivity index (χ4v) is 3.58. The molecule has 2 atom stereocenters. The minimum absolute atomic E-state index is 0.0854. The van der Waals surface area contributed by atoms with Crippen LogP contribution in [0.2, 0.25) is 5.02 Å². The van der Waals surface area contributed by atoms with Gasteiger partial charge < -0.3 is 10.2 Å². The molecule has 2 aromatic carbocycles. The average molecular weight is 357 g/mol. The molecule has 0 spiro atoms. The number of halogens is 1. The molecule has 0 aromatic heterocycles. The molecule has 0 unspecified atom stereocenters. The Morgan fingerprint density at radius 2 is 1.68 bits per heavy atom. The molecule has 1 fully saturated rings.